The van der Waals surface area contributed by atoms with Gasteiger partial charge in [-0.2, -0.15) is 10.2 Å². The van der Waals surface area contributed by atoms with Crippen molar-refractivity contribution in [2.45, 2.75) is 30.4 Å². The van der Waals surface area contributed by atoms with E-state index in [0.717, 1.165) is 92.6 Å². The highest BCUT2D eigenvalue weighted by atomic mass is 32.2. The molecule has 7 rings (SSSR count). The Bertz CT molecular complexity index is 1570. The number of aromatic nitrogens is 7. The number of hydrogen-bond acceptors (Lipinski definition) is 10. The Balaban J connectivity index is 1.00. The van der Waals surface area contributed by atoms with Crippen molar-refractivity contribution in [3.05, 3.63) is 66.3 Å². The summed E-state index contributed by atoms with van der Waals surface area (Å²) >= 11 is 1.37. The van der Waals surface area contributed by atoms with Crippen LogP contribution in [0.1, 0.15) is 12.8 Å². The maximum absolute atomic E-state index is 14.0. The second-order valence-electron chi connectivity index (χ2n) is 10.3. The first kappa shape index (κ1) is 26.1. The van der Waals surface area contributed by atoms with Gasteiger partial charge in [0.25, 0.3) is 0 Å². The van der Waals surface area contributed by atoms with Gasteiger partial charge >= 0.3 is 0 Å². The van der Waals surface area contributed by atoms with Gasteiger partial charge in [-0.3, -0.25) is 4.68 Å². The molecule has 0 aromatic carbocycles. The lowest BCUT2D eigenvalue weighted by Crippen LogP contribution is -2.47. The van der Waals surface area contributed by atoms with E-state index in [1.807, 2.05) is 27.7 Å². The molecule has 212 valence electrons. The van der Waals surface area contributed by atoms with Crippen molar-refractivity contribution in [1.82, 2.24) is 39.7 Å². The zero-order chi connectivity index (χ0) is 27.6. The maximum atomic E-state index is 14.0. The van der Waals surface area contributed by atoms with Crippen LogP contribution in [0.5, 0.6) is 0 Å². The molecule has 1 unspecified atom stereocenters. The number of nitrogens with one attached hydrogen (secondary N) is 1. The molecule has 0 spiro atoms. The molecule has 2 saturated heterocycles. The number of ether oxygens (including phenoxy) is 1. The fraction of sp³-hybridized carbons (Fsp3) is 0.393. The van der Waals surface area contributed by atoms with Crippen LogP contribution in [-0.2, 0) is 11.3 Å². The smallest absolute Gasteiger partial charge is 0.225 e. The topological polar surface area (TPSA) is 102 Å². The lowest BCUT2D eigenvalue weighted by atomic mass is 10.2. The molecule has 1 aliphatic carbocycles. The number of fused-ring (bicyclic) bond motifs is 1. The molecule has 0 bridgehead atoms. The average Bonchev–Trinajstić information content (AvgIpc) is 3.67. The molecule has 2 fully saturated rings. The number of piperazine rings is 1. The number of thioether (sulfide) groups is 1. The molecule has 4 aromatic heterocycles. The molecule has 1 atom stereocenters. The van der Waals surface area contributed by atoms with Crippen molar-refractivity contribution < 1.29 is 9.13 Å². The SMILES string of the molecule is FC1=CCCC=C1Sc1cnc(N2CCN(c3ncnn4cc(-c5cnn(CC6CNCCO6)c5)cc34)CC2)nc1. The van der Waals surface area contributed by atoms with E-state index < -0.39 is 0 Å². The van der Waals surface area contributed by atoms with E-state index in [1.54, 1.807) is 24.8 Å². The molecule has 0 saturated carbocycles. The van der Waals surface area contributed by atoms with Gasteiger partial charge < -0.3 is 19.9 Å². The number of allylic oxidation sites excluding steroid dienone is 3. The summed E-state index contributed by atoms with van der Waals surface area (Å²) in [4.78, 5) is 19.7. The van der Waals surface area contributed by atoms with E-state index in [2.05, 4.69) is 52.5 Å². The third-order valence-corrected chi connectivity index (χ3v) is 8.54. The van der Waals surface area contributed by atoms with Gasteiger partial charge in [0.2, 0.25) is 5.95 Å². The summed E-state index contributed by atoms with van der Waals surface area (Å²) in [5.41, 5.74) is 3.04. The van der Waals surface area contributed by atoms with Gasteiger partial charge in [-0.05, 0) is 25.0 Å². The highest BCUT2D eigenvalue weighted by Gasteiger charge is 2.23. The van der Waals surface area contributed by atoms with E-state index in [0.29, 0.717) is 10.9 Å². The van der Waals surface area contributed by atoms with Crippen molar-refractivity contribution in [3.8, 4) is 11.1 Å². The van der Waals surface area contributed by atoms with E-state index in [9.17, 15) is 4.39 Å². The van der Waals surface area contributed by atoms with E-state index in [1.165, 1.54) is 11.8 Å². The van der Waals surface area contributed by atoms with Crippen LogP contribution in [0.3, 0.4) is 0 Å². The number of rotatable bonds is 7. The summed E-state index contributed by atoms with van der Waals surface area (Å²) < 4.78 is 23.7. The predicted molar refractivity (Wildman–Crippen MR) is 156 cm³/mol. The highest BCUT2D eigenvalue weighted by Crippen LogP contribution is 2.35. The van der Waals surface area contributed by atoms with E-state index in [-0.39, 0.29) is 11.9 Å². The van der Waals surface area contributed by atoms with Crippen LogP contribution in [-0.4, -0.2) is 86.3 Å². The van der Waals surface area contributed by atoms with Crippen LogP contribution >= 0.6 is 11.8 Å². The normalized spacial score (nSPS) is 19.9. The molecule has 41 heavy (non-hydrogen) atoms. The van der Waals surface area contributed by atoms with Crippen molar-refractivity contribution in [1.29, 1.82) is 0 Å². The van der Waals surface area contributed by atoms with Crippen molar-refractivity contribution in [2.75, 3.05) is 55.7 Å². The lowest BCUT2D eigenvalue weighted by Gasteiger charge is -2.35. The Labute approximate surface area is 241 Å². The second kappa shape index (κ2) is 11.6. The largest absolute Gasteiger partial charge is 0.374 e. The maximum Gasteiger partial charge on any atom is 0.225 e. The van der Waals surface area contributed by atoms with Crippen molar-refractivity contribution in [3.63, 3.8) is 0 Å². The van der Waals surface area contributed by atoms with Gasteiger partial charge in [-0.25, -0.2) is 23.9 Å². The zero-order valence-corrected chi connectivity index (χ0v) is 23.4. The molecule has 11 nitrogen and oxygen atoms in total. The summed E-state index contributed by atoms with van der Waals surface area (Å²) in [5, 5.41) is 12.4. The molecule has 0 radical (unpaired) electrons. The monoisotopic (exact) mass is 574 g/mol. The quantitative estimate of drug-likeness (QED) is 0.354. The van der Waals surface area contributed by atoms with Crippen LogP contribution in [0.4, 0.5) is 16.2 Å². The summed E-state index contributed by atoms with van der Waals surface area (Å²) in [7, 11) is 0. The first-order valence-electron chi connectivity index (χ1n) is 13.9. The van der Waals surface area contributed by atoms with Gasteiger partial charge in [0, 0.05) is 85.0 Å². The molecule has 2 aliphatic heterocycles. The summed E-state index contributed by atoms with van der Waals surface area (Å²) in [5.74, 6) is 1.43. The Morgan fingerprint density at radius 3 is 2.59 bits per heavy atom. The average molecular weight is 575 g/mol. The van der Waals surface area contributed by atoms with Crippen LogP contribution < -0.4 is 15.1 Å². The molecular formula is C28H31FN10OS. The number of anilines is 2. The minimum absolute atomic E-state index is 0.129. The van der Waals surface area contributed by atoms with Gasteiger partial charge in [0.05, 0.1) is 25.5 Å². The Hall–Kier alpha value is -3.81. The molecular weight excluding hydrogens is 543 g/mol. The van der Waals surface area contributed by atoms with E-state index in [4.69, 9.17) is 4.74 Å². The standard InChI is InChI=1S/C28H31FN10OS/c29-24-3-1-2-4-26(24)41-23-14-31-28(32-15-23)37-8-6-36(7-9-37)27-25-11-20(17-39(25)35-19-33-27)21-12-34-38(16-21)18-22-13-30-5-10-40-22/h3-4,11-12,14-17,19,22,30H,1-2,5-10,13,18H2. The number of morpholine rings is 1. The fourth-order valence-electron chi connectivity index (χ4n) is 5.36. The molecule has 0 amide bonds. The molecule has 1 N–H and O–H groups in total. The molecule has 4 aromatic rings. The third kappa shape index (κ3) is 5.69. The molecule has 6 heterocycles. The second-order valence-corrected chi connectivity index (χ2v) is 11.4. The summed E-state index contributed by atoms with van der Waals surface area (Å²) in [6.07, 6.45) is 16.4. The number of nitrogens with zero attached hydrogens (tertiary/aromatic N) is 9. The third-order valence-electron chi connectivity index (χ3n) is 7.51. The highest BCUT2D eigenvalue weighted by molar-refractivity contribution is 8.03. The first-order valence-corrected chi connectivity index (χ1v) is 14.8. The Kier molecular flexibility index (Phi) is 7.38. The van der Waals surface area contributed by atoms with Crippen LogP contribution in [0.25, 0.3) is 16.6 Å². The van der Waals surface area contributed by atoms with Gasteiger partial charge in [0.1, 0.15) is 17.7 Å². The minimum atomic E-state index is -0.159. The van der Waals surface area contributed by atoms with Gasteiger partial charge in [0.15, 0.2) is 5.82 Å². The minimum Gasteiger partial charge on any atom is -0.374 e. The van der Waals surface area contributed by atoms with Gasteiger partial charge in [-0.1, -0.05) is 17.8 Å². The van der Waals surface area contributed by atoms with Crippen LogP contribution in [0.15, 0.2) is 71.2 Å². The van der Waals surface area contributed by atoms with Crippen LogP contribution in [0, 0.1) is 0 Å². The van der Waals surface area contributed by atoms with Gasteiger partial charge in [-0.15, -0.1) is 0 Å². The molecule has 13 heteroatoms. The fourth-order valence-corrected chi connectivity index (χ4v) is 6.21. The zero-order valence-electron chi connectivity index (χ0n) is 22.6. The van der Waals surface area contributed by atoms with E-state index >= 15 is 0 Å². The predicted octanol–water partition coefficient (Wildman–Crippen LogP) is 3.32. The summed E-state index contributed by atoms with van der Waals surface area (Å²) in [6, 6.07) is 2.13. The lowest BCUT2D eigenvalue weighted by molar-refractivity contribution is 0.0161. The van der Waals surface area contributed by atoms with Crippen LogP contribution in [0.2, 0.25) is 0 Å². The Morgan fingerprint density at radius 2 is 1.78 bits per heavy atom. The Morgan fingerprint density at radius 1 is 0.951 bits per heavy atom. The van der Waals surface area contributed by atoms with Crippen molar-refractivity contribution >= 4 is 29.0 Å². The first-order chi connectivity index (χ1) is 20.2. The number of halogens is 1. The van der Waals surface area contributed by atoms with Crippen molar-refractivity contribution in [2.24, 2.45) is 0 Å². The summed E-state index contributed by atoms with van der Waals surface area (Å²) in [6.45, 7) is 6.29. The molecule has 3 aliphatic rings. The number of hydrogen-bond donors (Lipinski definition) is 1.